The number of esters is 1. The van der Waals surface area contributed by atoms with Gasteiger partial charge in [-0.3, -0.25) is 4.79 Å². The van der Waals surface area contributed by atoms with Crippen LogP contribution in [0.5, 0.6) is 0 Å². The fourth-order valence-corrected chi connectivity index (χ4v) is 0.385. The van der Waals surface area contributed by atoms with Crippen molar-refractivity contribution in [3.63, 3.8) is 0 Å². The monoisotopic (exact) mass is 160 g/mol. The molecule has 0 unspecified atom stereocenters. The minimum absolute atomic E-state index is 0.622. The second-order valence-electron chi connectivity index (χ2n) is 1.73. The molecule has 0 saturated carbocycles. The summed E-state index contributed by atoms with van der Waals surface area (Å²) in [4.78, 5) is 21.0. The largest absolute Gasteiger partial charge is 0.465 e. The van der Waals surface area contributed by atoms with Crippen molar-refractivity contribution >= 4 is 11.8 Å². The van der Waals surface area contributed by atoms with E-state index in [-0.39, 0.29) is 0 Å². The summed E-state index contributed by atoms with van der Waals surface area (Å²) in [5, 5.41) is 17.4. The van der Waals surface area contributed by atoms with Gasteiger partial charge in [0.1, 0.15) is 0 Å². The zero-order valence-corrected chi connectivity index (χ0v) is 5.90. The van der Waals surface area contributed by atoms with Gasteiger partial charge >= 0.3 is 11.8 Å². The van der Waals surface area contributed by atoms with Gasteiger partial charge in [-0.05, 0) is 6.08 Å². The SMILES string of the molecule is C=CC(=O)C(O)(O)C(=O)OC. The Kier molecular flexibility index (Phi) is 2.91. The number of rotatable bonds is 3. The van der Waals surface area contributed by atoms with Crippen LogP contribution in [0.1, 0.15) is 0 Å². The number of carbonyl (C=O) groups is 2. The number of hydrogen-bond acceptors (Lipinski definition) is 5. The molecule has 0 aliphatic rings. The zero-order valence-electron chi connectivity index (χ0n) is 5.90. The van der Waals surface area contributed by atoms with E-state index in [0.717, 1.165) is 7.11 Å². The van der Waals surface area contributed by atoms with Gasteiger partial charge in [0.2, 0.25) is 5.78 Å². The Bertz CT molecular complexity index is 193. The number of carbonyl (C=O) groups excluding carboxylic acids is 2. The molecule has 0 fully saturated rings. The molecule has 0 aromatic carbocycles. The molecule has 0 aromatic heterocycles. The number of hydrogen-bond donors (Lipinski definition) is 2. The van der Waals surface area contributed by atoms with Crippen molar-refractivity contribution < 1.29 is 24.5 Å². The molecule has 0 rings (SSSR count). The average Bonchev–Trinajstić information content (AvgIpc) is 2.01. The van der Waals surface area contributed by atoms with Crippen molar-refractivity contribution in [2.45, 2.75) is 5.79 Å². The summed E-state index contributed by atoms with van der Waals surface area (Å²) < 4.78 is 3.93. The predicted octanol–water partition coefficient (Wildman–Crippen LogP) is -1.40. The molecule has 0 atom stereocenters. The van der Waals surface area contributed by atoms with Crippen LogP contribution in [0.4, 0.5) is 0 Å². The van der Waals surface area contributed by atoms with Crippen molar-refractivity contribution in [3.05, 3.63) is 12.7 Å². The van der Waals surface area contributed by atoms with Crippen molar-refractivity contribution in [3.8, 4) is 0 Å². The third-order valence-corrected chi connectivity index (χ3v) is 0.999. The standard InChI is InChI=1S/C6H8O5/c1-3-4(7)6(9,10)5(8)11-2/h3,9-10H,1H2,2H3. The molecule has 11 heavy (non-hydrogen) atoms. The normalized spacial score (nSPS) is 10.5. The van der Waals surface area contributed by atoms with Crippen LogP contribution in [0, 0.1) is 0 Å². The molecule has 0 bridgehead atoms. The summed E-state index contributed by atoms with van der Waals surface area (Å²) in [6.07, 6.45) is 0.622. The van der Waals surface area contributed by atoms with E-state index in [1.165, 1.54) is 0 Å². The molecule has 0 amide bonds. The Balaban J connectivity index is 4.57. The van der Waals surface area contributed by atoms with Gasteiger partial charge in [-0.1, -0.05) is 6.58 Å². The number of methoxy groups -OCH3 is 1. The second kappa shape index (κ2) is 3.27. The highest BCUT2D eigenvalue weighted by molar-refractivity contribution is 6.09. The van der Waals surface area contributed by atoms with Crippen molar-refractivity contribution in [1.29, 1.82) is 0 Å². The summed E-state index contributed by atoms with van der Waals surface area (Å²) >= 11 is 0. The first kappa shape index (κ1) is 9.80. The predicted molar refractivity (Wildman–Crippen MR) is 34.4 cm³/mol. The maximum absolute atomic E-state index is 10.5. The highest BCUT2D eigenvalue weighted by atomic mass is 16.6. The molecule has 5 heteroatoms. The first-order chi connectivity index (χ1) is 4.96. The van der Waals surface area contributed by atoms with Gasteiger partial charge in [0.15, 0.2) is 0 Å². The van der Waals surface area contributed by atoms with Gasteiger partial charge in [0, 0.05) is 0 Å². The molecular weight excluding hydrogens is 152 g/mol. The van der Waals surface area contributed by atoms with E-state index in [2.05, 4.69) is 11.3 Å². The lowest BCUT2D eigenvalue weighted by Gasteiger charge is -2.13. The molecule has 0 spiro atoms. The second-order valence-corrected chi connectivity index (χ2v) is 1.73. The summed E-state index contributed by atoms with van der Waals surface area (Å²) in [5.41, 5.74) is 0. The zero-order chi connectivity index (χ0) is 9.07. The number of ketones is 1. The highest BCUT2D eigenvalue weighted by Crippen LogP contribution is 2.03. The van der Waals surface area contributed by atoms with Gasteiger partial charge in [-0.2, -0.15) is 0 Å². The Morgan fingerprint density at radius 2 is 2.00 bits per heavy atom. The minimum Gasteiger partial charge on any atom is -0.465 e. The fraction of sp³-hybridized carbons (Fsp3) is 0.333. The molecule has 62 valence electrons. The Labute approximate surface area is 62.9 Å². The minimum atomic E-state index is -3.10. The van der Waals surface area contributed by atoms with E-state index >= 15 is 0 Å². The molecular formula is C6H8O5. The Morgan fingerprint density at radius 3 is 2.27 bits per heavy atom. The third kappa shape index (κ3) is 1.86. The summed E-state index contributed by atoms with van der Waals surface area (Å²) in [7, 11) is 0.930. The number of ether oxygens (including phenoxy) is 1. The lowest BCUT2D eigenvalue weighted by molar-refractivity contribution is -0.203. The maximum Gasteiger partial charge on any atom is 0.375 e. The van der Waals surface area contributed by atoms with Gasteiger partial charge in [-0.15, -0.1) is 0 Å². The summed E-state index contributed by atoms with van der Waals surface area (Å²) in [5.74, 6) is -5.75. The molecule has 0 aromatic rings. The molecule has 2 N–H and O–H groups in total. The van der Waals surface area contributed by atoms with Crippen molar-refractivity contribution in [2.24, 2.45) is 0 Å². The summed E-state index contributed by atoms with van der Waals surface area (Å²) in [6, 6.07) is 0. The van der Waals surface area contributed by atoms with E-state index in [1.807, 2.05) is 0 Å². The number of aliphatic hydroxyl groups is 2. The van der Waals surface area contributed by atoms with Crippen molar-refractivity contribution in [1.82, 2.24) is 0 Å². The fourth-order valence-electron chi connectivity index (χ4n) is 0.385. The lowest BCUT2D eigenvalue weighted by Crippen LogP contribution is -2.46. The van der Waals surface area contributed by atoms with Gasteiger partial charge < -0.3 is 14.9 Å². The lowest BCUT2D eigenvalue weighted by atomic mass is 10.2. The van der Waals surface area contributed by atoms with Crippen molar-refractivity contribution in [2.75, 3.05) is 7.11 Å². The van der Waals surface area contributed by atoms with Crippen LogP contribution in [-0.2, 0) is 14.3 Å². The first-order valence-corrected chi connectivity index (χ1v) is 2.66. The Hall–Kier alpha value is -1.20. The third-order valence-electron chi connectivity index (χ3n) is 0.999. The molecule has 5 nitrogen and oxygen atoms in total. The van der Waals surface area contributed by atoms with E-state index in [4.69, 9.17) is 10.2 Å². The topological polar surface area (TPSA) is 83.8 Å². The molecule has 0 aliphatic carbocycles. The quantitative estimate of drug-likeness (QED) is 0.229. The maximum atomic E-state index is 10.5. The first-order valence-electron chi connectivity index (χ1n) is 2.66. The molecule has 0 heterocycles. The smallest absolute Gasteiger partial charge is 0.375 e. The molecule has 0 saturated heterocycles. The van der Waals surface area contributed by atoms with Crippen LogP contribution in [-0.4, -0.2) is 34.9 Å². The summed E-state index contributed by atoms with van der Waals surface area (Å²) in [6.45, 7) is 2.97. The van der Waals surface area contributed by atoms with Crippen LogP contribution < -0.4 is 0 Å². The van der Waals surface area contributed by atoms with Crippen LogP contribution in [0.25, 0.3) is 0 Å². The molecule has 0 aliphatic heterocycles. The van der Waals surface area contributed by atoms with E-state index in [9.17, 15) is 9.59 Å². The van der Waals surface area contributed by atoms with Crippen LogP contribution >= 0.6 is 0 Å². The van der Waals surface area contributed by atoms with Gasteiger partial charge in [0.05, 0.1) is 7.11 Å². The van der Waals surface area contributed by atoms with Crippen LogP contribution in [0.15, 0.2) is 12.7 Å². The van der Waals surface area contributed by atoms with E-state index in [1.54, 1.807) is 0 Å². The Morgan fingerprint density at radius 1 is 1.55 bits per heavy atom. The molecule has 0 radical (unpaired) electrons. The van der Waals surface area contributed by atoms with Gasteiger partial charge in [-0.25, -0.2) is 4.79 Å². The van der Waals surface area contributed by atoms with Crippen LogP contribution in [0.2, 0.25) is 0 Å². The van der Waals surface area contributed by atoms with Gasteiger partial charge in [0.25, 0.3) is 0 Å². The highest BCUT2D eigenvalue weighted by Gasteiger charge is 2.41. The van der Waals surface area contributed by atoms with E-state index < -0.39 is 17.5 Å². The average molecular weight is 160 g/mol. The van der Waals surface area contributed by atoms with Crippen LogP contribution in [0.3, 0.4) is 0 Å². The van der Waals surface area contributed by atoms with E-state index in [0.29, 0.717) is 6.08 Å².